The monoisotopic (exact) mass is 260 g/mol. The van der Waals surface area contributed by atoms with Crippen LogP contribution in [0.1, 0.15) is 40.7 Å². The molecule has 0 aliphatic carbocycles. The number of amides is 1. The third kappa shape index (κ3) is 3.35. The number of hydrogen-bond donors (Lipinski definition) is 1. The molecule has 1 amide bonds. The molecule has 1 aromatic carbocycles. The van der Waals surface area contributed by atoms with E-state index >= 15 is 0 Å². The molecular formula is C16H24N2O. The minimum absolute atomic E-state index is 0.157. The molecule has 104 valence electrons. The predicted octanol–water partition coefficient (Wildman–Crippen LogP) is 2.52. The zero-order valence-electron chi connectivity index (χ0n) is 12.2. The van der Waals surface area contributed by atoms with Crippen molar-refractivity contribution in [2.75, 3.05) is 20.1 Å². The standard InChI is InChI=1S/C16H24N2O/c1-12-6-7-15(13(2)11-12)16(19)18(3)14-5-4-9-17-10-8-14/h6-7,11,14,17H,4-5,8-10H2,1-3H3. The molecular weight excluding hydrogens is 236 g/mol. The van der Waals surface area contributed by atoms with E-state index in [1.165, 1.54) is 5.56 Å². The third-order valence-electron chi connectivity index (χ3n) is 4.03. The molecule has 1 heterocycles. The van der Waals surface area contributed by atoms with Gasteiger partial charge >= 0.3 is 0 Å². The van der Waals surface area contributed by atoms with E-state index in [1.807, 2.05) is 31.0 Å². The summed E-state index contributed by atoms with van der Waals surface area (Å²) in [5.41, 5.74) is 3.12. The van der Waals surface area contributed by atoms with Gasteiger partial charge in [-0.25, -0.2) is 0 Å². The summed E-state index contributed by atoms with van der Waals surface area (Å²) in [5, 5.41) is 3.39. The van der Waals surface area contributed by atoms with Crippen LogP contribution in [-0.2, 0) is 0 Å². The predicted molar refractivity (Wildman–Crippen MR) is 78.5 cm³/mol. The fourth-order valence-electron chi connectivity index (χ4n) is 2.80. The van der Waals surface area contributed by atoms with Gasteiger partial charge < -0.3 is 10.2 Å². The van der Waals surface area contributed by atoms with Gasteiger partial charge in [0.25, 0.3) is 5.91 Å². The largest absolute Gasteiger partial charge is 0.339 e. The van der Waals surface area contributed by atoms with Crippen LogP contribution in [-0.4, -0.2) is 37.0 Å². The summed E-state index contributed by atoms with van der Waals surface area (Å²) >= 11 is 0. The first-order valence-electron chi connectivity index (χ1n) is 7.14. The summed E-state index contributed by atoms with van der Waals surface area (Å²) in [6.45, 7) is 6.15. The van der Waals surface area contributed by atoms with Crippen molar-refractivity contribution in [1.29, 1.82) is 0 Å². The molecule has 1 saturated heterocycles. The number of rotatable bonds is 2. The van der Waals surface area contributed by atoms with Crippen molar-refractivity contribution < 1.29 is 4.79 Å². The van der Waals surface area contributed by atoms with Crippen LogP contribution in [0.2, 0.25) is 0 Å². The lowest BCUT2D eigenvalue weighted by Crippen LogP contribution is -2.37. The van der Waals surface area contributed by atoms with Gasteiger partial charge in [0.15, 0.2) is 0 Å². The Labute approximate surface area is 116 Å². The summed E-state index contributed by atoms with van der Waals surface area (Å²) in [6.07, 6.45) is 3.29. The number of aryl methyl sites for hydroxylation is 2. The minimum atomic E-state index is 0.157. The van der Waals surface area contributed by atoms with Crippen LogP contribution >= 0.6 is 0 Å². The lowest BCUT2D eigenvalue weighted by Gasteiger charge is -2.27. The minimum Gasteiger partial charge on any atom is -0.339 e. The Morgan fingerprint density at radius 2 is 2.05 bits per heavy atom. The molecule has 3 nitrogen and oxygen atoms in total. The third-order valence-corrected chi connectivity index (χ3v) is 4.03. The highest BCUT2D eigenvalue weighted by molar-refractivity contribution is 5.95. The lowest BCUT2D eigenvalue weighted by molar-refractivity contribution is 0.0719. The molecule has 0 radical (unpaired) electrons. The molecule has 2 rings (SSSR count). The molecule has 3 heteroatoms. The molecule has 1 aliphatic rings. The van der Waals surface area contributed by atoms with E-state index in [2.05, 4.69) is 18.3 Å². The molecule has 1 atom stereocenters. The fourth-order valence-corrected chi connectivity index (χ4v) is 2.80. The van der Waals surface area contributed by atoms with E-state index in [1.54, 1.807) is 0 Å². The normalized spacial score (nSPS) is 19.8. The van der Waals surface area contributed by atoms with Crippen LogP contribution in [0.25, 0.3) is 0 Å². The topological polar surface area (TPSA) is 32.3 Å². The van der Waals surface area contributed by atoms with Gasteiger partial charge in [0.2, 0.25) is 0 Å². The Hall–Kier alpha value is -1.35. The highest BCUT2D eigenvalue weighted by atomic mass is 16.2. The number of benzene rings is 1. The first-order valence-corrected chi connectivity index (χ1v) is 7.14. The van der Waals surface area contributed by atoms with Crippen LogP contribution in [0.4, 0.5) is 0 Å². The van der Waals surface area contributed by atoms with Crippen molar-refractivity contribution in [2.45, 2.75) is 39.2 Å². The van der Waals surface area contributed by atoms with Crippen molar-refractivity contribution in [3.63, 3.8) is 0 Å². The van der Waals surface area contributed by atoms with Gasteiger partial charge in [-0.2, -0.15) is 0 Å². The average molecular weight is 260 g/mol. The maximum atomic E-state index is 12.6. The van der Waals surface area contributed by atoms with Crippen molar-refractivity contribution in [1.82, 2.24) is 10.2 Å². The van der Waals surface area contributed by atoms with Crippen molar-refractivity contribution in [2.24, 2.45) is 0 Å². The molecule has 19 heavy (non-hydrogen) atoms. The summed E-state index contributed by atoms with van der Waals surface area (Å²) < 4.78 is 0. The zero-order chi connectivity index (χ0) is 13.8. The molecule has 1 aliphatic heterocycles. The molecule has 0 aromatic heterocycles. The SMILES string of the molecule is Cc1ccc(C(=O)N(C)C2CCCNCC2)c(C)c1. The smallest absolute Gasteiger partial charge is 0.254 e. The first-order chi connectivity index (χ1) is 9.09. The van der Waals surface area contributed by atoms with Crippen LogP contribution in [0.5, 0.6) is 0 Å². The molecule has 1 aromatic rings. The van der Waals surface area contributed by atoms with Gasteiger partial charge in [-0.1, -0.05) is 17.7 Å². The maximum Gasteiger partial charge on any atom is 0.254 e. The van der Waals surface area contributed by atoms with Gasteiger partial charge in [-0.05, 0) is 57.8 Å². The maximum absolute atomic E-state index is 12.6. The summed E-state index contributed by atoms with van der Waals surface area (Å²) in [5.74, 6) is 0.157. The van der Waals surface area contributed by atoms with Crippen molar-refractivity contribution in [3.05, 3.63) is 34.9 Å². The van der Waals surface area contributed by atoms with Gasteiger partial charge in [0.1, 0.15) is 0 Å². The van der Waals surface area contributed by atoms with Gasteiger partial charge in [-0.15, -0.1) is 0 Å². The highest BCUT2D eigenvalue weighted by Crippen LogP contribution is 2.18. The van der Waals surface area contributed by atoms with Gasteiger partial charge in [0.05, 0.1) is 0 Å². The molecule has 1 unspecified atom stereocenters. The van der Waals surface area contributed by atoms with E-state index < -0.39 is 0 Å². The fraction of sp³-hybridized carbons (Fsp3) is 0.562. The number of carbonyl (C=O) groups excluding carboxylic acids is 1. The Morgan fingerprint density at radius 3 is 2.79 bits per heavy atom. The summed E-state index contributed by atoms with van der Waals surface area (Å²) in [4.78, 5) is 14.5. The molecule has 0 bridgehead atoms. The number of nitrogens with one attached hydrogen (secondary N) is 1. The van der Waals surface area contributed by atoms with E-state index in [4.69, 9.17) is 0 Å². The van der Waals surface area contributed by atoms with Gasteiger partial charge in [0, 0.05) is 18.7 Å². The Bertz CT molecular complexity index is 448. The number of carbonyl (C=O) groups is 1. The number of nitrogens with zero attached hydrogens (tertiary/aromatic N) is 1. The Kier molecular flexibility index (Phi) is 4.59. The van der Waals surface area contributed by atoms with Crippen molar-refractivity contribution in [3.8, 4) is 0 Å². The Morgan fingerprint density at radius 1 is 1.26 bits per heavy atom. The molecule has 0 saturated carbocycles. The van der Waals surface area contributed by atoms with E-state index in [0.717, 1.165) is 43.5 Å². The van der Waals surface area contributed by atoms with E-state index in [9.17, 15) is 4.79 Å². The van der Waals surface area contributed by atoms with Crippen molar-refractivity contribution >= 4 is 5.91 Å². The van der Waals surface area contributed by atoms with E-state index in [0.29, 0.717) is 6.04 Å². The summed E-state index contributed by atoms with van der Waals surface area (Å²) in [7, 11) is 1.94. The second-order valence-corrected chi connectivity index (χ2v) is 5.57. The molecule has 0 spiro atoms. The molecule has 1 fully saturated rings. The second kappa shape index (κ2) is 6.20. The summed E-state index contributed by atoms with van der Waals surface area (Å²) in [6, 6.07) is 6.42. The van der Waals surface area contributed by atoms with Gasteiger partial charge in [-0.3, -0.25) is 4.79 Å². The zero-order valence-corrected chi connectivity index (χ0v) is 12.2. The number of hydrogen-bond acceptors (Lipinski definition) is 2. The quantitative estimate of drug-likeness (QED) is 0.886. The van der Waals surface area contributed by atoms with Crippen LogP contribution in [0.15, 0.2) is 18.2 Å². The van der Waals surface area contributed by atoms with Crippen LogP contribution in [0.3, 0.4) is 0 Å². The van der Waals surface area contributed by atoms with Crippen LogP contribution in [0, 0.1) is 13.8 Å². The first kappa shape index (κ1) is 14.1. The highest BCUT2D eigenvalue weighted by Gasteiger charge is 2.22. The van der Waals surface area contributed by atoms with E-state index in [-0.39, 0.29) is 5.91 Å². The second-order valence-electron chi connectivity index (χ2n) is 5.57. The molecule has 1 N–H and O–H groups in total. The lowest BCUT2D eigenvalue weighted by atomic mass is 10.0. The Balaban J connectivity index is 2.13. The average Bonchev–Trinajstić information content (AvgIpc) is 2.66. The van der Waals surface area contributed by atoms with Crippen LogP contribution < -0.4 is 5.32 Å².